The highest BCUT2D eigenvalue weighted by molar-refractivity contribution is 9.36. The van der Waals surface area contributed by atoms with Crippen LogP contribution < -0.4 is 0 Å². The van der Waals surface area contributed by atoms with E-state index in [1.165, 1.54) is 0 Å². The molecule has 90 valence electrons. The average Bonchev–Trinajstić information content (AvgIpc) is 2.82. The summed E-state index contributed by atoms with van der Waals surface area (Å²) in [7, 11) is 10.5. The van der Waals surface area contributed by atoms with E-state index in [4.69, 9.17) is 0 Å². The minimum Gasteiger partial charge on any atom is -0.0768 e. The Balaban J connectivity index is 1.62. The van der Waals surface area contributed by atoms with Crippen LogP contribution in [-0.4, -0.2) is 10.5 Å². The molecule has 3 aliphatic carbocycles. The lowest BCUT2D eigenvalue weighted by Gasteiger charge is -2.35. The zero-order chi connectivity index (χ0) is 10.7. The van der Waals surface area contributed by atoms with Gasteiger partial charge in [0.15, 0.2) is 0 Å². The minimum absolute atomic E-state index is 0.981. The van der Waals surface area contributed by atoms with Crippen molar-refractivity contribution in [1.82, 2.24) is 0 Å². The molecule has 1 heterocycles. The second-order valence-electron chi connectivity index (χ2n) is 5.79. The SMILES string of the molecule is CC1CC2C(C1)C1CC2C2SSSSSC12. The summed E-state index contributed by atoms with van der Waals surface area (Å²) in [5, 5.41) is 1.96. The van der Waals surface area contributed by atoms with Crippen LogP contribution in [0.3, 0.4) is 0 Å². The molecule has 1 saturated heterocycles. The van der Waals surface area contributed by atoms with Crippen LogP contribution in [0.5, 0.6) is 0 Å². The first-order valence-electron chi connectivity index (χ1n) is 6.16. The summed E-state index contributed by atoms with van der Waals surface area (Å²) >= 11 is 0. The Hall–Kier alpha value is 1.75. The van der Waals surface area contributed by atoms with Crippen LogP contribution in [0.15, 0.2) is 0 Å². The van der Waals surface area contributed by atoms with Crippen LogP contribution in [0.1, 0.15) is 26.2 Å². The summed E-state index contributed by atoms with van der Waals surface area (Å²) < 4.78 is 0. The third-order valence-corrected chi connectivity index (χ3v) is 14.8. The number of fused-ring (bicyclic) bond motifs is 8. The van der Waals surface area contributed by atoms with Gasteiger partial charge in [0.25, 0.3) is 0 Å². The molecule has 16 heavy (non-hydrogen) atoms. The molecule has 0 nitrogen and oxygen atoms in total. The third-order valence-electron chi connectivity index (χ3n) is 5.07. The summed E-state index contributed by atoms with van der Waals surface area (Å²) in [6.45, 7) is 2.48. The molecule has 0 aromatic carbocycles. The second kappa shape index (κ2) is 4.39. The molecule has 4 rings (SSSR count). The van der Waals surface area contributed by atoms with E-state index in [1.807, 2.05) is 29.5 Å². The van der Waals surface area contributed by atoms with Gasteiger partial charge in [-0.1, -0.05) is 28.5 Å². The average molecular weight is 309 g/mol. The van der Waals surface area contributed by atoms with Crippen LogP contribution in [-0.2, 0) is 0 Å². The van der Waals surface area contributed by atoms with Crippen molar-refractivity contribution < 1.29 is 0 Å². The van der Waals surface area contributed by atoms with Gasteiger partial charge in [-0.05, 0) is 78.3 Å². The molecule has 2 bridgehead atoms. The standard InChI is InChI=1S/C11H16S5/c1-5-2-6-7(3-5)9-4-8(6)10-11(9)13-15-16-14-12-10/h5-11H,2-4H2,1H3. The van der Waals surface area contributed by atoms with E-state index in [9.17, 15) is 0 Å². The summed E-state index contributed by atoms with van der Waals surface area (Å²) in [5.74, 6) is 5.40. The molecule has 0 N–H and O–H groups in total. The van der Waals surface area contributed by atoms with Crippen molar-refractivity contribution in [2.75, 3.05) is 0 Å². The van der Waals surface area contributed by atoms with E-state index in [1.54, 1.807) is 19.3 Å². The third kappa shape index (κ3) is 1.64. The number of hydrogen-bond donors (Lipinski definition) is 0. The molecule has 4 aliphatic rings. The van der Waals surface area contributed by atoms with E-state index < -0.39 is 0 Å². The first kappa shape index (κ1) is 11.6. The summed E-state index contributed by atoms with van der Waals surface area (Å²) in [4.78, 5) is 0. The van der Waals surface area contributed by atoms with Gasteiger partial charge in [-0.2, -0.15) is 0 Å². The lowest BCUT2D eigenvalue weighted by molar-refractivity contribution is 0.273. The van der Waals surface area contributed by atoms with Crippen LogP contribution in [0.4, 0.5) is 0 Å². The Morgan fingerprint density at radius 2 is 1.25 bits per heavy atom. The largest absolute Gasteiger partial charge is 0.0768 e. The van der Waals surface area contributed by atoms with Gasteiger partial charge in [0.05, 0.1) is 0 Å². The van der Waals surface area contributed by atoms with Crippen molar-refractivity contribution in [2.24, 2.45) is 29.6 Å². The fraction of sp³-hybridized carbons (Fsp3) is 1.00. The smallest absolute Gasteiger partial charge is 0.0321 e. The first-order chi connectivity index (χ1) is 7.84. The number of hydrogen-bond acceptors (Lipinski definition) is 5. The van der Waals surface area contributed by atoms with Crippen molar-refractivity contribution >= 4 is 51.1 Å². The highest BCUT2D eigenvalue weighted by Crippen LogP contribution is 2.71. The molecule has 4 fully saturated rings. The van der Waals surface area contributed by atoms with Gasteiger partial charge in [0.2, 0.25) is 0 Å². The van der Waals surface area contributed by atoms with Gasteiger partial charge >= 0.3 is 0 Å². The molecule has 1 aliphatic heterocycles. The van der Waals surface area contributed by atoms with Crippen molar-refractivity contribution in [3.63, 3.8) is 0 Å². The lowest BCUT2D eigenvalue weighted by Crippen LogP contribution is -2.35. The van der Waals surface area contributed by atoms with E-state index >= 15 is 0 Å². The Labute approximate surface area is 117 Å². The van der Waals surface area contributed by atoms with Gasteiger partial charge in [-0.15, -0.1) is 0 Å². The molecule has 6 atom stereocenters. The molecule has 6 unspecified atom stereocenters. The van der Waals surface area contributed by atoms with E-state index in [2.05, 4.69) is 28.5 Å². The topological polar surface area (TPSA) is 0 Å². The van der Waals surface area contributed by atoms with Crippen LogP contribution in [0.2, 0.25) is 0 Å². The van der Waals surface area contributed by atoms with Crippen LogP contribution >= 0.6 is 51.1 Å². The normalized spacial score (nSPS) is 59.4. The highest BCUT2D eigenvalue weighted by atomic mass is 33.8. The van der Waals surface area contributed by atoms with Crippen molar-refractivity contribution in [1.29, 1.82) is 0 Å². The van der Waals surface area contributed by atoms with Gasteiger partial charge in [-0.3, -0.25) is 0 Å². The fourth-order valence-corrected chi connectivity index (χ4v) is 16.2. The van der Waals surface area contributed by atoms with Crippen LogP contribution in [0, 0.1) is 29.6 Å². The maximum absolute atomic E-state index is 2.48. The summed E-state index contributed by atoms with van der Waals surface area (Å²) in [6, 6.07) is 0. The predicted molar refractivity (Wildman–Crippen MR) is 82.5 cm³/mol. The van der Waals surface area contributed by atoms with Gasteiger partial charge in [0, 0.05) is 10.5 Å². The Morgan fingerprint density at radius 3 is 1.81 bits per heavy atom. The van der Waals surface area contributed by atoms with E-state index in [0.29, 0.717) is 0 Å². The molecule has 0 spiro atoms. The number of rotatable bonds is 0. The van der Waals surface area contributed by atoms with Gasteiger partial charge in [-0.25, -0.2) is 0 Å². The maximum atomic E-state index is 2.48. The Kier molecular flexibility index (Phi) is 3.18. The van der Waals surface area contributed by atoms with E-state index in [0.717, 1.165) is 40.1 Å². The molecular formula is C11H16S5. The molecule has 0 aromatic heterocycles. The van der Waals surface area contributed by atoms with Crippen molar-refractivity contribution in [3.05, 3.63) is 0 Å². The lowest BCUT2D eigenvalue weighted by atomic mass is 9.81. The van der Waals surface area contributed by atoms with Gasteiger partial charge in [0.1, 0.15) is 0 Å². The van der Waals surface area contributed by atoms with Crippen molar-refractivity contribution in [3.8, 4) is 0 Å². The minimum atomic E-state index is 0.981. The molecule has 0 radical (unpaired) electrons. The zero-order valence-electron chi connectivity index (χ0n) is 9.20. The first-order valence-corrected chi connectivity index (χ1v) is 12.4. The fourth-order valence-electron chi connectivity index (χ4n) is 4.65. The Morgan fingerprint density at radius 1 is 0.688 bits per heavy atom. The second-order valence-corrected chi connectivity index (χ2v) is 13.7. The van der Waals surface area contributed by atoms with Crippen molar-refractivity contribution in [2.45, 2.75) is 36.7 Å². The predicted octanol–water partition coefficient (Wildman–Crippen LogP) is 5.38. The zero-order valence-corrected chi connectivity index (χ0v) is 13.3. The highest BCUT2D eigenvalue weighted by Gasteiger charge is 2.60. The monoisotopic (exact) mass is 308 g/mol. The van der Waals surface area contributed by atoms with Gasteiger partial charge < -0.3 is 0 Å². The molecular weight excluding hydrogens is 292 g/mol. The maximum Gasteiger partial charge on any atom is 0.0321 e. The molecule has 0 amide bonds. The molecule has 3 saturated carbocycles. The quantitative estimate of drug-likeness (QED) is 0.550. The summed E-state index contributed by atoms with van der Waals surface area (Å²) in [6.07, 6.45) is 4.67. The Bertz CT molecular complexity index is 270. The van der Waals surface area contributed by atoms with E-state index in [-0.39, 0.29) is 0 Å². The van der Waals surface area contributed by atoms with Crippen LogP contribution in [0.25, 0.3) is 0 Å². The summed E-state index contributed by atoms with van der Waals surface area (Å²) in [5.41, 5.74) is 0. The molecule has 0 aromatic rings. The molecule has 5 heteroatoms.